The maximum atomic E-state index is 12.4. The molecule has 1 N–H and O–H groups in total. The van der Waals surface area contributed by atoms with Crippen LogP contribution in [0.4, 0.5) is 0 Å². The summed E-state index contributed by atoms with van der Waals surface area (Å²) in [6.07, 6.45) is 1.65. The molecule has 0 fully saturated rings. The molecule has 6 nitrogen and oxygen atoms in total. The number of carbonyl (C=O) groups is 1. The summed E-state index contributed by atoms with van der Waals surface area (Å²) in [4.78, 5) is 16.5. The average molecular weight is 296 g/mol. The highest BCUT2D eigenvalue weighted by molar-refractivity contribution is 6.04. The Kier molecular flexibility index (Phi) is 3.74. The Morgan fingerprint density at radius 1 is 1.27 bits per heavy atom. The van der Waals surface area contributed by atoms with Crippen LogP contribution in [0.5, 0.6) is 5.88 Å². The lowest BCUT2D eigenvalue weighted by Gasteiger charge is -2.07. The molecule has 0 unspecified atom stereocenters. The molecule has 0 atom stereocenters. The maximum Gasteiger partial charge on any atom is 0.272 e. The van der Waals surface area contributed by atoms with Crippen molar-refractivity contribution in [1.82, 2.24) is 20.1 Å². The van der Waals surface area contributed by atoms with Crippen LogP contribution in [0, 0.1) is 0 Å². The van der Waals surface area contributed by atoms with Gasteiger partial charge in [0.15, 0.2) is 5.69 Å². The predicted octanol–water partition coefficient (Wildman–Crippen LogP) is 1.91. The van der Waals surface area contributed by atoms with Gasteiger partial charge in [-0.2, -0.15) is 5.10 Å². The number of nitrogens with zero attached hydrogens (tertiary/aromatic N) is 3. The lowest BCUT2D eigenvalue weighted by Crippen LogP contribution is -2.24. The third-order valence-electron chi connectivity index (χ3n) is 3.46. The Balaban J connectivity index is 1.82. The monoisotopic (exact) mass is 296 g/mol. The summed E-state index contributed by atoms with van der Waals surface area (Å²) < 4.78 is 6.88. The van der Waals surface area contributed by atoms with Crippen LogP contribution in [0.25, 0.3) is 10.9 Å². The fraction of sp³-hybridized carbons (Fsp3) is 0.188. The third kappa shape index (κ3) is 2.50. The lowest BCUT2D eigenvalue weighted by molar-refractivity contribution is 0.0946. The Labute approximate surface area is 127 Å². The second kappa shape index (κ2) is 5.85. The van der Waals surface area contributed by atoms with Gasteiger partial charge in [0.1, 0.15) is 0 Å². The van der Waals surface area contributed by atoms with E-state index in [0.29, 0.717) is 18.1 Å². The molecule has 0 aliphatic rings. The molecular formula is C16H16N4O2. The number of methoxy groups -OCH3 is 1. The molecule has 0 saturated heterocycles. The minimum atomic E-state index is -0.220. The molecule has 0 aliphatic heterocycles. The molecule has 3 aromatic rings. The molecule has 3 rings (SSSR count). The molecule has 22 heavy (non-hydrogen) atoms. The summed E-state index contributed by atoms with van der Waals surface area (Å²) in [7, 11) is 3.38. The van der Waals surface area contributed by atoms with E-state index in [1.54, 1.807) is 24.1 Å². The Bertz CT molecular complexity index is 826. The first kappa shape index (κ1) is 14.1. The lowest BCUT2D eigenvalue weighted by atomic mass is 10.2. The number of para-hydroxylation sites is 1. The molecule has 112 valence electrons. The standard InChI is InChI=1S/C16H16N4O2/c1-20-13-8-4-3-7-12(13)14(19-20)15(21)18-10-11-6-5-9-17-16(11)22-2/h3-9H,10H2,1-2H3,(H,18,21). The number of hydrogen-bond donors (Lipinski definition) is 1. The molecule has 0 saturated carbocycles. The van der Waals surface area contributed by atoms with Crippen molar-refractivity contribution in [3.8, 4) is 5.88 Å². The van der Waals surface area contributed by atoms with Crippen molar-refractivity contribution >= 4 is 16.8 Å². The van der Waals surface area contributed by atoms with Crippen LogP contribution in [0.3, 0.4) is 0 Å². The van der Waals surface area contributed by atoms with E-state index >= 15 is 0 Å². The summed E-state index contributed by atoms with van der Waals surface area (Å²) in [6.45, 7) is 0.334. The fourth-order valence-corrected chi connectivity index (χ4v) is 2.38. The van der Waals surface area contributed by atoms with Crippen molar-refractivity contribution in [3.63, 3.8) is 0 Å². The number of benzene rings is 1. The molecule has 2 heterocycles. The molecule has 2 aromatic heterocycles. The first-order chi connectivity index (χ1) is 10.7. The van der Waals surface area contributed by atoms with Gasteiger partial charge in [0.05, 0.1) is 12.6 Å². The van der Waals surface area contributed by atoms with Gasteiger partial charge in [-0.05, 0) is 12.1 Å². The minimum Gasteiger partial charge on any atom is -0.481 e. The minimum absolute atomic E-state index is 0.220. The van der Waals surface area contributed by atoms with Gasteiger partial charge in [-0.1, -0.05) is 24.3 Å². The highest BCUT2D eigenvalue weighted by Crippen LogP contribution is 2.18. The zero-order valence-electron chi connectivity index (χ0n) is 12.4. The summed E-state index contributed by atoms with van der Waals surface area (Å²) in [6, 6.07) is 11.3. The third-order valence-corrected chi connectivity index (χ3v) is 3.46. The van der Waals surface area contributed by atoms with E-state index in [1.165, 1.54) is 0 Å². The number of aromatic nitrogens is 3. The molecule has 0 bridgehead atoms. The number of nitrogens with one attached hydrogen (secondary N) is 1. The van der Waals surface area contributed by atoms with Crippen LogP contribution in [0.1, 0.15) is 16.1 Å². The van der Waals surface area contributed by atoms with Gasteiger partial charge in [-0.15, -0.1) is 0 Å². The van der Waals surface area contributed by atoms with Crippen molar-refractivity contribution in [2.24, 2.45) is 7.05 Å². The van der Waals surface area contributed by atoms with Crippen molar-refractivity contribution in [2.75, 3.05) is 7.11 Å². The number of rotatable bonds is 4. The quantitative estimate of drug-likeness (QED) is 0.798. The van der Waals surface area contributed by atoms with Gasteiger partial charge in [0.25, 0.3) is 5.91 Å². The van der Waals surface area contributed by atoms with Crippen molar-refractivity contribution < 1.29 is 9.53 Å². The molecule has 0 aliphatic carbocycles. The molecule has 0 radical (unpaired) electrons. The normalized spacial score (nSPS) is 10.6. The van der Waals surface area contributed by atoms with E-state index < -0.39 is 0 Å². The van der Waals surface area contributed by atoms with E-state index in [9.17, 15) is 4.79 Å². The number of ether oxygens (including phenoxy) is 1. The van der Waals surface area contributed by atoms with Crippen molar-refractivity contribution in [1.29, 1.82) is 0 Å². The SMILES string of the molecule is COc1ncccc1CNC(=O)c1nn(C)c2ccccc12. The van der Waals surface area contributed by atoms with Crippen molar-refractivity contribution in [2.45, 2.75) is 6.54 Å². The van der Waals surface area contributed by atoms with Crippen LogP contribution in [0.2, 0.25) is 0 Å². The number of fused-ring (bicyclic) bond motifs is 1. The van der Waals surface area contributed by atoms with Gasteiger partial charge in [0.2, 0.25) is 5.88 Å². The Morgan fingerprint density at radius 3 is 2.91 bits per heavy atom. The van der Waals surface area contributed by atoms with E-state index in [2.05, 4.69) is 15.4 Å². The van der Waals surface area contributed by atoms with Crippen LogP contribution < -0.4 is 10.1 Å². The number of aryl methyl sites for hydroxylation is 1. The van der Waals surface area contributed by atoms with Crippen LogP contribution >= 0.6 is 0 Å². The first-order valence-electron chi connectivity index (χ1n) is 6.88. The second-order valence-corrected chi connectivity index (χ2v) is 4.84. The van der Waals surface area contributed by atoms with Gasteiger partial charge in [0, 0.05) is 30.7 Å². The first-order valence-corrected chi connectivity index (χ1v) is 6.88. The number of amides is 1. The Hall–Kier alpha value is -2.89. The van der Waals surface area contributed by atoms with Crippen LogP contribution in [-0.4, -0.2) is 27.8 Å². The summed E-state index contributed by atoms with van der Waals surface area (Å²) in [5, 5.41) is 8.00. The largest absolute Gasteiger partial charge is 0.481 e. The number of pyridine rings is 1. The average Bonchev–Trinajstić information content (AvgIpc) is 2.90. The number of hydrogen-bond acceptors (Lipinski definition) is 4. The zero-order valence-corrected chi connectivity index (χ0v) is 12.4. The highest BCUT2D eigenvalue weighted by atomic mass is 16.5. The topological polar surface area (TPSA) is 69.0 Å². The van der Waals surface area contributed by atoms with E-state index in [0.717, 1.165) is 16.5 Å². The summed E-state index contributed by atoms with van der Waals surface area (Å²) in [5.41, 5.74) is 2.16. The van der Waals surface area contributed by atoms with Crippen LogP contribution in [0.15, 0.2) is 42.6 Å². The van der Waals surface area contributed by atoms with Gasteiger partial charge < -0.3 is 10.1 Å². The zero-order chi connectivity index (χ0) is 15.5. The molecular weight excluding hydrogens is 280 g/mol. The summed E-state index contributed by atoms with van der Waals surface area (Å²) in [5.74, 6) is 0.288. The van der Waals surface area contributed by atoms with Gasteiger partial charge >= 0.3 is 0 Å². The highest BCUT2D eigenvalue weighted by Gasteiger charge is 2.16. The molecule has 0 spiro atoms. The second-order valence-electron chi connectivity index (χ2n) is 4.84. The van der Waals surface area contributed by atoms with Crippen molar-refractivity contribution in [3.05, 3.63) is 53.9 Å². The molecule has 1 aromatic carbocycles. The van der Waals surface area contributed by atoms with E-state index in [-0.39, 0.29) is 5.91 Å². The predicted molar refractivity (Wildman–Crippen MR) is 82.7 cm³/mol. The smallest absolute Gasteiger partial charge is 0.272 e. The van der Waals surface area contributed by atoms with E-state index in [4.69, 9.17) is 4.74 Å². The maximum absolute atomic E-state index is 12.4. The van der Waals surface area contributed by atoms with Crippen LogP contribution in [-0.2, 0) is 13.6 Å². The Morgan fingerprint density at radius 2 is 2.09 bits per heavy atom. The molecule has 1 amide bonds. The van der Waals surface area contributed by atoms with E-state index in [1.807, 2.05) is 37.4 Å². The van der Waals surface area contributed by atoms with Gasteiger partial charge in [-0.3, -0.25) is 9.48 Å². The summed E-state index contributed by atoms with van der Waals surface area (Å²) >= 11 is 0. The number of carbonyl (C=O) groups excluding carboxylic acids is 1. The molecule has 6 heteroatoms. The fourth-order valence-electron chi connectivity index (χ4n) is 2.38. The van der Waals surface area contributed by atoms with Gasteiger partial charge in [-0.25, -0.2) is 4.98 Å².